The first-order valence-electron chi connectivity index (χ1n) is 5.25. The lowest BCUT2D eigenvalue weighted by atomic mass is 10.1. The van der Waals surface area contributed by atoms with E-state index in [2.05, 4.69) is 4.72 Å². The summed E-state index contributed by atoms with van der Waals surface area (Å²) in [5.74, 6) is -0.492. The Hall–Kier alpha value is -1.07. The number of esters is 1. The summed E-state index contributed by atoms with van der Waals surface area (Å²) in [4.78, 5) is 11.9. The Kier molecular flexibility index (Phi) is 4.96. The van der Waals surface area contributed by atoms with Gasteiger partial charge in [-0.1, -0.05) is 30.3 Å². The highest BCUT2D eigenvalue weighted by Gasteiger charge is 2.26. The summed E-state index contributed by atoms with van der Waals surface area (Å²) in [5.41, 5.74) is 0.0826. The van der Waals surface area contributed by atoms with Crippen molar-refractivity contribution in [3.05, 3.63) is 35.9 Å². The Morgan fingerprint density at radius 1 is 1.35 bits per heavy atom. The van der Waals surface area contributed by atoms with Crippen LogP contribution in [0.5, 0.6) is 0 Å². The topological polar surface area (TPSA) is 38.3 Å². The molecule has 0 saturated carbocycles. The molecule has 0 aliphatic heterocycles. The molecular formula is C12H16FNO2S. The molecule has 0 spiro atoms. The average molecular weight is 257 g/mol. The van der Waals surface area contributed by atoms with Crippen molar-refractivity contribution >= 4 is 18.3 Å². The van der Waals surface area contributed by atoms with E-state index in [9.17, 15) is 8.68 Å². The zero-order valence-electron chi connectivity index (χ0n) is 10.1. The molecule has 3 nitrogen and oxygen atoms in total. The third-order valence-corrected chi connectivity index (χ3v) is 2.26. The molecule has 0 fully saturated rings. The molecule has 94 valence electrons. The zero-order valence-corrected chi connectivity index (χ0v) is 10.9. The first-order valence-corrected chi connectivity index (χ1v) is 5.96. The van der Waals surface area contributed by atoms with Gasteiger partial charge in [-0.15, -0.1) is 3.89 Å². The summed E-state index contributed by atoms with van der Waals surface area (Å²) in [5, 5.41) is 0. The second-order valence-corrected chi connectivity index (χ2v) is 4.96. The van der Waals surface area contributed by atoms with Crippen LogP contribution in [0.15, 0.2) is 30.3 Å². The Morgan fingerprint density at radius 3 is 2.41 bits per heavy atom. The maximum Gasteiger partial charge on any atom is 0.329 e. The van der Waals surface area contributed by atoms with E-state index in [0.717, 1.165) is 0 Å². The van der Waals surface area contributed by atoms with Crippen LogP contribution in [0.3, 0.4) is 0 Å². The summed E-state index contributed by atoms with van der Waals surface area (Å²) in [6.45, 7) is 5.32. The second-order valence-electron chi connectivity index (χ2n) is 4.57. The SMILES string of the molecule is CC(C)(C)OC(=O)C(NSF)c1ccccc1. The van der Waals surface area contributed by atoms with Crippen LogP contribution < -0.4 is 4.72 Å². The van der Waals surface area contributed by atoms with Gasteiger partial charge in [0.1, 0.15) is 24.0 Å². The Labute approximate surface area is 105 Å². The average Bonchev–Trinajstić information content (AvgIpc) is 2.24. The molecule has 1 rings (SSSR count). The predicted molar refractivity (Wildman–Crippen MR) is 66.9 cm³/mol. The molecule has 1 atom stereocenters. The van der Waals surface area contributed by atoms with Gasteiger partial charge in [0.25, 0.3) is 0 Å². The van der Waals surface area contributed by atoms with Crippen LogP contribution in [0.1, 0.15) is 32.4 Å². The Bertz CT molecular complexity index is 365. The summed E-state index contributed by atoms with van der Waals surface area (Å²) < 4.78 is 19.9. The van der Waals surface area contributed by atoms with Gasteiger partial charge in [-0.3, -0.25) is 0 Å². The number of carbonyl (C=O) groups is 1. The van der Waals surface area contributed by atoms with Crippen LogP contribution in [0.25, 0.3) is 0 Å². The molecule has 1 N–H and O–H groups in total. The highest BCUT2D eigenvalue weighted by molar-refractivity contribution is 7.92. The van der Waals surface area contributed by atoms with Crippen molar-refractivity contribution in [2.45, 2.75) is 32.4 Å². The van der Waals surface area contributed by atoms with Crippen LogP contribution in [0.4, 0.5) is 3.89 Å². The van der Waals surface area contributed by atoms with Gasteiger partial charge in [0.15, 0.2) is 0 Å². The minimum absolute atomic E-state index is 0.0919. The summed E-state index contributed by atoms with van der Waals surface area (Å²) in [6.07, 6.45) is 0. The molecule has 1 unspecified atom stereocenters. The molecular weight excluding hydrogens is 241 g/mol. The fraction of sp³-hybridized carbons (Fsp3) is 0.417. The van der Waals surface area contributed by atoms with E-state index in [-0.39, 0.29) is 12.3 Å². The number of nitrogens with one attached hydrogen (secondary N) is 1. The van der Waals surface area contributed by atoms with E-state index in [1.807, 2.05) is 6.07 Å². The van der Waals surface area contributed by atoms with Gasteiger partial charge in [0.05, 0.1) is 0 Å². The minimum Gasteiger partial charge on any atom is -0.459 e. The maximum absolute atomic E-state index is 12.3. The molecule has 5 heteroatoms. The van der Waals surface area contributed by atoms with Gasteiger partial charge in [0, 0.05) is 0 Å². The number of benzene rings is 1. The largest absolute Gasteiger partial charge is 0.459 e. The lowest BCUT2D eigenvalue weighted by Crippen LogP contribution is -2.32. The number of hydrogen-bond acceptors (Lipinski definition) is 4. The van der Waals surface area contributed by atoms with E-state index in [0.29, 0.717) is 5.56 Å². The number of hydrogen-bond donors (Lipinski definition) is 1. The van der Waals surface area contributed by atoms with Crippen molar-refractivity contribution in [3.63, 3.8) is 0 Å². The van der Waals surface area contributed by atoms with Gasteiger partial charge in [-0.2, -0.15) is 0 Å². The van der Waals surface area contributed by atoms with E-state index >= 15 is 0 Å². The smallest absolute Gasteiger partial charge is 0.329 e. The number of halogens is 1. The van der Waals surface area contributed by atoms with E-state index in [1.54, 1.807) is 45.0 Å². The lowest BCUT2D eigenvalue weighted by molar-refractivity contribution is -0.157. The van der Waals surface area contributed by atoms with Crippen LogP contribution in [-0.4, -0.2) is 11.6 Å². The molecule has 0 aromatic heterocycles. The Morgan fingerprint density at radius 2 is 1.94 bits per heavy atom. The first-order chi connectivity index (χ1) is 7.94. The van der Waals surface area contributed by atoms with Crippen molar-refractivity contribution in [2.75, 3.05) is 0 Å². The number of carbonyl (C=O) groups excluding carboxylic acids is 1. The van der Waals surface area contributed by atoms with Crippen LogP contribution in [0, 0.1) is 0 Å². The van der Waals surface area contributed by atoms with E-state index < -0.39 is 17.6 Å². The molecule has 0 bridgehead atoms. The maximum atomic E-state index is 12.3. The summed E-state index contributed by atoms with van der Waals surface area (Å²) in [7, 11) is 0. The van der Waals surface area contributed by atoms with Crippen LogP contribution in [0.2, 0.25) is 0 Å². The van der Waals surface area contributed by atoms with Crippen LogP contribution >= 0.6 is 12.3 Å². The summed E-state index contributed by atoms with van der Waals surface area (Å²) >= 11 is -0.0919. The first kappa shape index (κ1) is 14.0. The standard InChI is InChI=1S/C12H16FNO2S/c1-12(2,3)16-11(15)10(14-17-13)9-7-5-4-6-8-9/h4-8,10,14H,1-3H3. The number of ether oxygens (including phenoxy) is 1. The molecule has 0 saturated heterocycles. The molecule has 0 aliphatic carbocycles. The predicted octanol–water partition coefficient (Wildman–Crippen LogP) is 3.19. The van der Waals surface area contributed by atoms with Crippen LogP contribution in [-0.2, 0) is 9.53 Å². The third kappa shape index (κ3) is 4.75. The monoisotopic (exact) mass is 257 g/mol. The molecule has 17 heavy (non-hydrogen) atoms. The van der Waals surface area contributed by atoms with Crippen molar-refractivity contribution in [2.24, 2.45) is 0 Å². The minimum atomic E-state index is -0.801. The van der Waals surface area contributed by atoms with Gasteiger partial charge in [-0.25, -0.2) is 9.52 Å². The zero-order chi connectivity index (χ0) is 12.9. The molecule has 0 amide bonds. The molecule has 0 aliphatic rings. The summed E-state index contributed by atoms with van der Waals surface area (Å²) in [6, 6.07) is 8.10. The molecule has 0 heterocycles. The normalized spacial score (nSPS) is 13.2. The van der Waals surface area contributed by atoms with Crippen molar-refractivity contribution in [1.82, 2.24) is 4.72 Å². The fourth-order valence-electron chi connectivity index (χ4n) is 1.30. The van der Waals surface area contributed by atoms with Gasteiger partial charge in [-0.05, 0) is 26.3 Å². The Balaban J connectivity index is 2.83. The van der Waals surface area contributed by atoms with Crippen molar-refractivity contribution in [3.8, 4) is 0 Å². The quantitative estimate of drug-likeness (QED) is 0.664. The second kappa shape index (κ2) is 6.02. The highest BCUT2D eigenvalue weighted by atomic mass is 32.2. The van der Waals surface area contributed by atoms with Crippen molar-refractivity contribution in [1.29, 1.82) is 0 Å². The fourth-order valence-corrected chi connectivity index (χ4v) is 1.62. The molecule has 1 aromatic rings. The van der Waals surface area contributed by atoms with Gasteiger partial charge in [0.2, 0.25) is 0 Å². The van der Waals surface area contributed by atoms with Crippen molar-refractivity contribution < 1.29 is 13.4 Å². The molecule has 1 aromatic carbocycles. The highest BCUT2D eigenvalue weighted by Crippen LogP contribution is 2.20. The molecule has 0 radical (unpaired) electrons. The lowest BCUT2D eigenvalue weighted by Gasteiger charge is -2.23. The third-order valence-electron chi connectivity index (χ3n) is 1.94. The van der Waals surface area contributed by atoms with Gasteiger partial charge < -0.3 is 4.74 Å². The van der Waals surface area contributed by atoms with E-state index in [4.69, 9.17) is 4.74 Å². The van der Waals surface area contributed by atoms with Gasteiger partial charge >= 0.3 is 5.97 Å². The van der Waals surface area contributed by atoms with E-state index in [1.165, 1.54) is 0 Å². The number of rotatable bonds is 4.